The van der Waals surface area contributed by atoms with Gasteiger partial charge in [-0.05, 0) is 17.0 Å². The van der Waals surface area contributed by atoms with E-state index in [0.29, 0.717) is 5.92 Å². The zero-order valence-corrected chi connectivity index (χ0v) is 7.67. The van der Waals surface area contributed by atoms with Crippen LogP contribution in [-0.4, -0.2) is 0 Å². The van der Waals surface area contributed by atoms with Crippen LogP contribution in [0.5, 0.6) is 0 Å². The smallest absolute Gasteiger partial charge is 0.0351 e. The van der Waals surface area contributed by atoms with E-state index in [1.807, 2.05) is 6.07 Å². The van der Waals surface area contributed by atoms with Crippen molar-refractivity contribution in [1.29, 1.82) is 0 Å². The van der Waals surface area contributed by atoms with Crippen molar-refractivity contribution in [2.24, 2.45) is 5.84 Å². The van der Waals surface area contributed by atoms with Crippen LogP contribution >= 0.6 is 0 Å². The van der Waals surface area contributed by atoms with Crippen LogP contribution in [0.2, 0.25) is 0 Å². The van der Waals surface area contributed by atoms with Crippen LogP contribution in [0.3, 0.4) is 0 Å². The number of rotatable bonds is 3. The Hall–Kier alpha value is -0.860. The topological polar surface area (TPSA) is 38.0 Å². The molecule has 1 rings (SSSR count). The van der Waals surface area contributed by atoms with Crippen molar-refractivity contribution in [1.82, 2.24) is 5.43 Å². The second-order valence-electron chi connectivity index (χ2n) is 3.23. The third-order valence-corrected chi connectivity index (χ3v) is 1.97. The minimum Gasteiger partial charge on any atom is -0.271 e. The third-order valence-electron chi connectivity index (χ3n) is 1.97. The summed E-state index contributed by atoms with van der Waals surface area (Å²) in [5.41, 5.74) is 5.34. The predicted octanol–water partition coefficient (Wildman–Crippen LogP) is 1.77. The highest BCUT2D eigenvalue weighted by atomic mass is 15.2. The zero-order chi connectivity index (χ0) is 8.97. The van der Waals surface area contributed by atoms with Crippen LogP contribution in [0, 0.1) is 0 Å². The van der Waals surface area contributed by atoms with Crippen molar-refractivity contribution in [3.05, 3.63) is 35.4 Å². The Morgan fingerprint density at radius 3 is 2.58 bits per heavy atom. The number of hydrogen-bond acceptors (Lipinski definition) is 2. The molecule has 0 bridgehead atoms. The lowest BCUT2D eigenvalue weighted by Crippen LogP contribution is -2.21. The third kappa shape index (κ3) is 2.06. The minimum absolute atomic E-state index is 0.564. The lowest BCUT2D eigenvalue weighted by Gasteiger charge is -2.11. The average molecular weight is 164 g/mol. The van der Waals surface area contributed by atoms with Gasteiger partial charge in [-0.2, -0.15) is 0 Å². The van der Waals surface area contributed by atoms with Crippen molar-refractivity contribution < 1.29 is 0 Å². The van der Waals surface area contributed by atoms with E-state index < -0.39 is 0 Å². The zero-order valence-electron chi connectivity index (χ0n) is 7.67. The summed E-state index contributed by atoms with van der Waals surface area (Å²) < 4.78 is 0. The molecule has 2 heteroatoms. The van der Waals surface area contributed by atoms with Crippen LogP contribution < -0.4 is 11.3 Å². The van der Waals surface area contributed by atoms with E-state index in [-0.39, 0.29) is 0 Å². The maximum Gasteiger partial charge on any atom is 0.0351 e. The number of hydrogen-bond donors (Lipinski definition) is 2. The highest BCUT2D eigenvalue weighted by molar-refractivity contribution is 5.29. The van der Waals surface area contributed by atoms with Gasteiger partial charge in [0.15, 0.2) is 0 Å². The first-order valence-corrected chi connectivity index (χ1v) is 4.27. The molecule has 0 radical (unpaired) electrons. The second-order valence-corrected chi connectivity index (χ2v) is 3.23. The molecule has 0 saturated heterocycles. The van der Waals surface area contributed by atoms with Crippen molar-refractivity contribution in [3.8, 4) is 0 Å². The van der Waals surface area contributed by atoms with Gasteiger partial charge in [0.05, 0.1) is 0 Å². The van der Waals surface area contributed by atoms with Gasteiger partial charge in [-0.15, -0.1) is 0 Å². The van der Waals surface area contributed by atoms with Gasteiger partial charge in [-0.25, -0.2) is 0 Å². The molecular formula is C10H16N2. The van der Waals surface area contributed by atoms with Gasteiger partial charge in [-0.3, -0.25) is 11.3 Å². The summed E-state index contributed by atoms with van der Waals surface area (Å²) in [6.45, 7) is 5.12. The second kappa shape index (κ2) is 4.24. The summed E-state index contributed by atoms with van der Waals surface area (Å²) in [4.78, 5) is 0. The van der Waals surface area contributed by atoms with Crippen LogP contribution in [-0.2, 0) is 6.54 Å². The van der Waals surface area contributed by atoms with E-state index >= 15 is 0 Å². The highest BCUT2D eigenvalue weighted by Gasteiger charge is 2.03. The van der Waals surface area contributed by atoms with Gasteiger partial charge < -0.3 is 0 Å². The van der Waals surface area contributed by atoms with E-state index in [9.17, 15) is 0 Å². The fourth-order valence-electron chi connectivity index (χ4n) is 1.37. The Bertz CT molecular complexity index is 243. The molecule has 0 unspecified atom stereocenters. The summed E-state index contributed by atoms with van der Waals surface area (Å²) in [6.07, 6.45) is 0. The molecule has 3 N–H and O–H groups in total. The maximum absolute atomic E-state index is 5.28. The van der Waals surface area contributed by atoms with E-state index in [2.05, 4.69) is 37.5 Å². The maximum atomic E-state index is 5.28. The molecule has 12 heavy (non-hydrogen) atoms. The van der Waals surface area contributed by atoms with E-state index in [0.717, 1.165) is 6.54 Å². The lowest BCUT2D eigenvalue weighted by molar-refractivity contribution is 0.721. The van der Waals surface area contributed by atoms with Crippen molar-refractivity contribution >= 4 is 0 Å². The molecule has 1 aromatic rings. The monoisotopic (exact) mass is 164 g/mol. The summed E-state index contributed by atoms with van der Waals surface area (Å²) in [5.74, 6) is 5.84. The molecule has 66 valence electrons. The molecule has 0 aliphatic carbocycles. The van der Waals surface area contributed by atoms with Crippen LogP contribution in [0.15, 0.2) is 24.3 Å². The Balaban J connectivity index is 2.92. The van der Waals surface area contributed by atoms with Gasteiger partial charge in [0.2, 0.25) is 0 Å². The first-order chi connectivity index (χ1) is 5.75. The molecule has 0 fully saturated rings. The molecule has 0 aliphatic heterocycles. The number of nitrogens with two attached hydrogens (primary N) is 1. The molecule has 0 aliphatic rings. The SMILES string of the molecule is CC(C)c1ccccc1CNN. The summed E-state index contributed by atoms with van der Waals surface area (Å²) in [5, 5.41) is 0. The largest absolute Gasteiger partial charge is 0.271 e. The molecule has 2 nitrogen and oxygen atoms in total. The summed E-state index contributed by atoms with van der Waals surface area (Å²) >= 11 is 0. The quantitative estimate of drug-likeness (QED) is 0.528. The molecule has 0 aromatic heterocycles. The molecular weight excluding hydrogens is 148 g/mol. The Kier molecular flexibility index (Phi) is 3.26. The van der Waals surface area contributed by atoms with E-state index in [1.54, 1.807) is 0 Å². The van der Waals surface area contributed by atoms with Crippen LogP contribution in [0.25, 0.3) is 0 Å². The van der Waals surface area contributed by atoms with Gasteiger partial charge in [0.25, 0.3) is 0 Å². The molecule has 0 amide bonds. The van der Waals surface area contributed by atoms with Crippen LogP contribution in [0.1, 0.15) is 30.9 Å². The van der Waals surface area contributed by atoms with Gasteiger partial charge >= 0.3 is 0 Å². The molecule has 0 saturated carbocycles. The average Bonchev–Trinajstić information content (AvgIpc) is 2.05. The fraction of sp³-hybridized carbons (Fsp3) is 0.400. The Morgan fingerprint density at radius 1 is 1.33 bits per heavy atom. The summed E-state index contributed by atoms with van der Waals surface area (Å²) in [7, 11) is 0. The van der Waals surface area contributed by atoms with Gasteiger partial charge in [0.1, 0.15) is 0 Å². The number of nitrogens with one attached hydrogen (secondary N) is 1. The first-order valence-electron chi connectivity index (χ1n) is 4.27. The minimum atomic E-state index is 0.564. The number of benzene rings is 1. The Morgan fingerprint density at radius 2 is 2.00 bits per heavy atom. The normalized spacial score (nSPS) is 10.7. The van der Waals surface area contributed by atoms with Crippen LogP contribution in [0.4, 0.5) is 0 Å². The lowest BCUT2D eigenvalue weighted by atomic mass is 9.97. The molecule has 0 atom stereocenters. The van der Waals surface area contributed by atoms with E-state index in [4.69, 9.17) is 5.84 Å². The highest BCUT2D eigenvalue weighted by Crippen LogP contribution is 2.18. The predicted molar refractivity (Wildman–Crippen MR) is 51.6 cm³/mol. The standard InChI is InChI=1S/C10H16N2/c1-8(2)10-6-4-3-5-9(10)7-12-11/h3-6,8,12H,7,11H2,1-2H3. The van der Waals surface area contributed by atoms with Crippen molar-refractivity contribution in [3.63, 3.8) is 0 Å². The van der Waals surface area contributed by atoms with Gasteiger partial charge in [0, 0.05) is 6.54 Å². The van der Waals surface area contributed by atoms with E-state index in [1.165, 1.54) is 11.1 Å². The number of hydrazine groups is 1. The fourth-order valence-corrected chi connectivity index (χ4v) is 1.37. The van der Waals surface area contributed by atoms with Crippen molar-refractivity contribution in [2.75, 3.05) is 0 Å². The summed E-state index contributed by atoms with van der Waals surface area (Å²) in [6, 6.07) is 8.36. The molecule has 0 spiro atoms. The molecule has 1 aromatic carbocycles. The van der Waals surface area contributed by atoms with Gasteiger partial charge in [-0.1, -0.05) is 38.1 Å². The first kappa shape index (κ1) is 9.23. The van der Waals surface area contributed by atoms with Crippen molar-refractivity contribution in [2.45, 2.75) is 26.3 Å². The Labute approximate surface area is 73.8 Å². The molecule has 0 heterocycles.